The maximum Gasteiger partial charge on any atom is 0.286 e. The summed E-state index contributed by atoms with van der Waals surface area (Å²) in [7, 11) is 1.62. The maximum atomic E-state index is 11.6. The molecule has 1 aromatic heterocycles. The summed E-state index contributed by atoms with van der Waals surface area (Å²) in [6.45, 7) is 0.362. The van der Waals surface area contributed by atoms with Gasteiger partial charge in [0.15, 0.2) is 11.5 Å². The van der Waals surface area contributed by atoms with Gasteiger partial charge in [0, 0.05) is 10.9 Å². The number of amides is 2. The van der Waals surface area contributed by atoms with Gasteiger partial charge >= 0.3 is 0 Å². The Morgan fingerprint density at radius 2 is 1.94 bits per heavy atom. The molecular formula is C23H22N2O4S2. The highest BCUT2D eigenvalue weighted by molar-refractivity contribution is 8.15. The molecule has 0 bridgehead atoms. The average Bonchev–Trinajstić information content (AvgIpc) is 3.39. The molecular weight excluding hydrogens is 432 g/mol. The summed E-state index contributed by atoms with van der Waals surface area (Å²) in [6.07, 6.45) is 2.26. The molecule has 2 aromatic carbocycles. The fraction of sp³-hybridized carbons (Fsp3) is 0.261. The van der Waals surface area contributed by atoms with Crippen molar-refractivity contribution < 1.29 is 19.1 Å². The van der Waals surface area contributed by atoms with E-state index in [1.807, 2.05) is 53.9 Å². The quantitative estimate of drug-likeness (QED) is 0.486. The number of benzene rings is 2. The van der Waals surface area contributed by atoms with Crippen molar-refractivity contribution in [3.63, 3.8) is 0 Å². The standard InChI is InChI=1S/C23H22N2O4S2/c1-28-19-12-15(6-5-9-20-21(26)25-23(27)31-20)10-11-18(19)29-13-17-14-30-22(24-17)16-7-3-2-4-8-16/h2-4,7-8,10-12,14,20H,5-6,9,13H2,1H3,(H,25,26,27). The number of rotatable bonds is 9. The first kappa shape index (κ1) is 21.4. The number of aromatic nitrogens is 1. The van der Waals surface area contributed by atoms with E-state index in [2.05, 4.69) is 10.3 Å². The van der Waals surface area contributed by atoms with Crippen molar-refractivity contribution in [3.05, 3.63) is 65.2 Å². The van der Waals surface area contributed by atoms with E-state index in [-0.39, 0.29) is 16.4 Å². The molecule has 1 aliphatic rings. The Bertz CT molecular complexity index is 1070. The average molecular weight is 455 g/mol. The van der Waals surface area contributed by atoms with Gasteiger partial charge in [0.05, 0.1) is 18.1 Å². The second-order valence-electron chi connectivity index (χ2n) is 7.06. The fourth-order valence-corrected chi connectivity index (χ4v) is 4.98. The molecule has 31 heavy (non-hydrogen) atoms. The summed E-state index contributed by atoms with van der Waals surface area (Å²) < 4.78 is 11.5. The van der Waals surface area contributed by atoms with Crippen LogP contribution in [0, 0.1) is 0 Å². The number of carbonyl (C=O) groups excluding carboxylic acids is 2. The minimum Gasteiger partial charge on any atom is -0.493 e. The molecule has 0 spiro atoms. The molecule has 0 saturated carbocycles. The predicted molar refractivity (Wildman–Crippen MR) is 123 cm³/mol. The number of nitrogens with one attached hydrogen (secondary N) is 1. The van der Waals surface area contributed by atoms with Crippen LogP contribution in [0.15, 0.2) is 53.9 Å². The van der Waals surface area contributed by atoms with Crippen molar-refractivity contribution in [2.45, 2.75) is 31.1 Å². The van der Waals surface area contributed by atoms with Crippen molar-refractivity contribution in [3.8, 4) is 22.1 Å². The minimum absolute atomic E-state index is 0.186. The molecule has 8 heteroatoms. The van der Waals surface area contributed by atoms with Crippen LogP contribution < -0.4 is 14.8 Å². The van der Waals surface area contributed by atoms with Crippen LogP contribution >= 0.6 is 23.1 Å². The number of aryl methyl sites for hydroxylation is 1. The Labute approximate surface area is 189 Å². The molecule has 1 atom stereocenters. The van der Waals surface area contributed by atoms with Gasteiger partial charge in [-0.25, -0.2) is 4.98 Å². The van der Waals surface area contributed by atoms with Crippen molar-refractivity contribution >= 4 is 34.2 Å². The van der Waals surface area contributed by atoms with E-state index in [1.165, 1.54) is 0 Å². The zero-order valence-electron chi connectivity index (χ0n) is 17.0. The highest BCUT2D eigenvalue weighted by Gasteiger charge is 2.30. The number of imide groups is 1. The van der Waals surface area contributed by atoms with Gasteiger partial charge in [-0.1, -0.05) is 48.2 Å². The molecule has 2 amide bonds. The van der Waals surface area contributed by atoms with Gasteiger partial charge in [0.2, 0.25) is 5.91 Å². The highest BCUT2D eigenvalue weighted by Crippen LogP contribution is 2.31. The van der Waals surface area contributed by atoms with E-state index in [1.54, 1.807) is 18.4 Å². The van der Waals surface area contributed by atoms with Gasteiger partial charge in [-0.05, 0) is 37.0 Å². The van der Waals surface area contributed by atoms with Crippen LogP contribution in [0.4, 0.5) is 4.79 Å². The molecule has 0 radical (unpaired) electrons. The first-order valence-corrected chi connectivity index (χ1v) is 11.7. The number of thiazole rings is 1. The third-order valence-electron chi connectivity index (χ3n) is 4.87. The summed E-state index contributed by atoms with van der Waals surface area (Å²) in [4.78, 5) is 27.6. The summed E-state index contributed by atoms with van der Waals surface area (Å²) in [6, 6.07) is 15.9. The van der Waals surface area contributed by atoms with Crippen LogP contribution in [0.25, 0.3) is 10.6 Å². The lowest BCUT2D eigenvalue weighted by atomic mass is 10.1. The summed E-state index contributed by atoms with van der Waals surface area (Å²) in [5.41, 5.74) is 3.06. The van der Waals surface area contributed by atoms with Crippen molar-refractivity contribution in [2.24, 2.45) is 0 Å². The number of hydrogen-bond acceptors (Lipinski definition) is 7. The first-order chi connectivity index (χ1) is 15.1. The molecule has 160 valence electrons. The molecule has 4 rings (SSSR count). The van der Waals surface area contributed by atoms with Crippen molar-refractivity contribution in [1.82, 2.24) is 10.3 Å². The Hall–Kier alpha value is -2.84. The predicted octanol–water partition coefficient (Wildman–Crippen LogP) is 5.07. The minimum atomic E-state index is -0.282. The lowest BCUT2D eigenvalue weighted by Gasteiger charge is -2.12. The van der Waals surface area contributed by atoms with Crippen LogP contribution in [-0.4, -0.2) is 28.5 Å². The molecule has 1 unspecified atom stereocenters. The zero-order valence-corrected chi connectivity index (χ0v) is 18.6. The molecule has 6 nitrogen and oxygen atoms in total. The monoisotopic (exact) mass is 454 g/mol. The number of thioether (sulfide) groups is 1. The van der Waals surface area contributed by atoms with Crippen molar-refractivity contribution in [1.29, 1.82) is 0 Å². The van der Waals surface area contributed by atoms with Crippen LogP contribution in [0.1, 0.15) is 24.1 Å². The third kappa shape index (κ3) is 5.45. The Morgan fingerprint density at radius 3 is 2.68 bits per heavy atom. The molecule has 1 aliphatic heterocycles. The van der Waals surface area contributed by atoms with Crippen molar-refractivity contribution in [2.75, 3.05) is 7.11 Å². The SMILES string of the molecule is COc1cc(CCCC2SC(=O)NC2=O)ccc1OCc1csc(-c2ccccc2)n1. The van der Waals surface area contributed by atoms with E-state index < -0.39 is 0 Å². The highest BCUT2D eigenvalue weighted by atomic mass is 32.2. The topological polar surface area (TPSA) is 77.5 Å². The first-order valence-electron chi connectivity index (χ1n) is 9.93. The maximum absolute atomic E-state index is 11.6. The van der Waals surface area contributed by atoms with Gasteiger partial charge in [-0.2, -0.15) is 0 Å². The molecule has 3 aromatic rings. The van der Waals surface area contributed by atoms with E-state index in [9.17, 15) is 9.59 Å². The zero-order chi connectivity index (χ0) is 21.6. The molecule has 1 fully saturated rings. The van der Waals surface area contributed by atoms with Gasteiger partial charge < -0.3 is 9.47 Å². The normalized spacial score (nSPS) is 15.7. The lowest BCUT2D eigenvalue weighted by molar-refractivity contribution is -0.119. The van der Waals surface area contributed by atoms with E-state index in [0.29, 0.717) is 24.5 Å². The largest absolute Gasteiger partial charge is 0.493 e. The number of ether oxygens (including phenoxy) is 2. The fourth-order valence-electron chi connectivity index (χ4n) is 3.30. The van der Waals surface area contributed by atoms with Gasteiger partial charge in [-0.15, -0.1) is 11.3 Å². The summed E-state index contributed by atoms with van der Waals surface area (Å²) in [5.74, 6) is 1.14. The lowest BCUT2D eigenvalue weighted by Crippen LogP contribution is -2.24. The van der Waals surface area contributed by atoms with Crippen LogP contribution in [-0.2, 0) is 17.8 Å². The van der Waals surface area contributed by atoms with Gasteiger partial charge in [0.1, 0.15) is 11.6 Å². The summed E-state index contributed by atoms with van der Waals surface area (Å²) >= 11 is 2.67. The molecule has 1 N–H and O–H groups in total. The summed E-state index contributed by atoms with van der Waals surface area (Å²) in [5, 5.41) is 4.76. The molecule has 2 heterocycles. The Kier molecular flexibility index (Phi) is 6.89. The number of methoxy groups -OCH3 is 1. The van der Waals surface area contributed by atoms with E-state index >= 15 is 0 Å². The second-order valence-corrected chi connectivity index (χ2v) is 9.09. The third-order valence-corrected chi connectivity index (χ3v) is 6.87. The molecule has 0 aliphatic carbocycles. The Balaban J connectivity index is 1.32. The number of nitrogens with zero attached hydrogens (tertiary/aromatic N) is 1. The van der Waals surface area contributed by atoms with Crippen LogP contribution in [0.2, 0.25) is 0 Å². The number of carbonyl (C=O) groups is 2. The van der Waals surface area contributed by atoms with E-state index in [0.717, 1.165) is 46.4 Å². The van der Waals surface area contributed by atoms with E-state index in [4.69, 9.17) is 9.47 Å². The Morgan fingerprint density at radius 1 is 1.10 bits per heavy atom. The molecule has 1 saturated heterocycles. The van der Waals surface area contributed by atoms with Crippen LogP contribution in [0.5, 0.6) is 11.5 Å². The smallest absolute Gasteiger partial charge is 0.286 e. The van der Waals surface area contributed by atoms with Gasteiger partial charge in [-0.3, -0.25) is 14.9 Å². The number of hydrogen-bond donors (Lipinski definition) is 1. The second kappa shape index (κ2) is 9.98. The van der Waals surface area contributed by atoms with Crippen LogP contribution in [0.3, 0.4) is 0 Å². The van der Waals surface area contributed by atoms with Gasteiger partial charge in [0.25, 0.3) is 5.24 Å².